The number of carbonyl (C=O) groups excluding carboxylic acids is 1. The summed E-state index contributed by atoms with van der Waals surface area (Å²) in [5.41, 5.74) is 0.0946. The first-order chi connectivity index (χ1) is 10.6. The summed E-state index contributed by atoms with van der Waals surface area (Å²) < 4.78 is 0. The van der Waals surface area contributed by atoms with Gasteiger partial charge < -0.3 is 10.6 Å². The molecule has 1 atom stereocenters. The van der Waals surface area contributed by atoms with E-state index in [0.717, 1.165) is 35.3 Å². The van der Waals surface area contributed by atoms with Crippen LogP contribution in [0, 0.1) is 0 Å². The van der Waals surface area contributed by atoms with Crippen molar-refractivity contribution in [3.05, 3.63) is 16.1 Å². The number of amidine groups is 1. The third-order valence-corrected chi connectivity index (χ3v) is 5.12. The number of nitrogens with one attached hydrogen (secondary N) is 2. The van der Waals surface area contributed by atoms with Gasteiger partial charge in [-0.25, -0.2) is 9.98 Å². The van der Waals surface area contributed by atoms with Crippen LogP contribution in [0.4, 0.5) is 0 Å². The molecule has 0 bridgehead atoms. The van der Waals surface area contributed by atoms with Crippen LogP contribution in [0.5, 0.6) is 0 Å². The lowest BCUT2D eigenvalue weighted by Gasteiger charge is -2.16. The molecule has 6 nitrogen and oxygen atoms in total. The molecule has 22 heavy (non-hydrogen) atoms. The van der Waals surface area contributed by atoms with Crippen molar-refractivity contribution in [1.29, 1.82) is 0 Å². The number of thiazole rings is 1. The molecule has 1 aliphatic rings. The zero-order chi connectivity index (χ0) is 16.0. The van der Waals surface area contributed by atoms with Crippen LogP contribution in [0.1, 0.15) is 37.4 Å². The second-order valence-electron chi connectivity index (χ2n) is 5.00. The van der Waals surface area contributed by atoms with E-state index < -0.39 is 5.66 Å². The summed E-state index contributed by atoms with van der Waals surface area (Å²) in [6, 6.07) is 0. The Morgan fingerprint density at radius 3 is 3.09 bits per heavy atom. The number of amides is 1. The zero-order valence-corrected chi connectivity index (χ0v) is 14.5. The van der Waals surface area contributed by atoms with Crippen molar-refractivity contribution in [2.24, 2.45) is 9.98 Å². The van der Waals surface area contributed by atoms with Crippen LogP contribution in [-0.4, -0.2) is 35.1 Å². The highest BCUT2D eigenvalue weighted by atomic mass is 32.2. The van der Waals surface area contributed by atoms with Gasteiger partial charge in [0.25, 0.3) is 0 Å². The molecule has 0 aliphatic carbocycles. The molecule has 0 fully saturated rings. The van der Waals surface area contributed by atoms with Crippen molar-refractivity contribution in [2.75, 3.05) is 12.3 Å². The molecule has 0 saturated heterocycles. The minimum Gasteiger partial charge on any atom is -0.365 e. The maximum Gasteiger partial charge on any atom is 0.217 e. The van der Waals surface area contributed by atoms with Crippen LogP contribution in [0.25, 0.3) is 0 Å². The van der Waals surface area contributed by atoms with Gasteiger partial charge in [0.15, 0.2) is 5.17 Å². The second kappa shape index (κ2) is 7.73. The molecule has 0 aromatic carbocycles. The van der Waals surface area contributed by atoms with Gasteiger partial charge in [0, 0.05) is 18.8 Å². The van der Waals surface area contributed by atoms with Crippen LogP contribution in [0.15, 0.2) is 15.4 Å². The van der Waals surface area contributed by atoms with E-state index in [4.69, 9.17) is 0 Å². The molecule has 2 N–H and O–H groups in total. The van der Waals surface area contributed by atoms with Crippen LogP contribution in [-0.2, 0) is 17.0 Å². The van der Waals surface area contributed by atoms with E-state index in [1.807, 2.05) is 5.38 Å². The Kier molecular flexibility index (Phi) is 5.96. The van der Waals surface area contributed by atoms with Crippen molar-refractivity contribution < 1.29 is 4.79 Å². The molecule has 0 spiro atoms. The Morgan fingerprint density at radius 2 is 2.41 bits per heavy atom. The van der Waals surface area contributed by atoms with Gasteiger partial charge in [-0.3, -0.25) is 9.79 Å². The monoisotopic (exact) mass is 339 g/mol. The lowest BCUT2D eigenvalue weighted by Crippen LogP contribution is -2.23. The maximum absolute atomic E-state index is 11.0. The quantitative estimate of drug-likeness (QED) is 0.589. The second-order valence-corrected chi connectivity index (χ2v) is 6.90. The molecule has 120 valence electrons. The summed E-state index contributed by atoms with van der Waals surface area (Å²) in [6.07, 6.45) is 2.26. The first-order valence-electron chi connectivity index (χ1n) is 7.23. The van der Waals surface area contributed by atoms with Gasteiger partial charge in [-0.05, 0) is 13.1 Å². The predicted octanol–water partition coefficient (Wildman–Crippen LogP) is 2.13. The third-order valence-electron chi connectivity index (χ3n) is 3.22. The molecule has 8 heteroatoms. The highest BCUT2D eigenvalue weighted by Crippen LogP contribution is 2.37. The number of hydrogen-bond acceptors (Lipinski definition) is 7. The Labute approximate surface area is 138 Å². The fourth-order valence-electron chi connectivity index (χ4n) is 1.93. The predicted molar refractivity (Wildman–Crippen MR) is 93.7 cm³/mol. The van der Waals surface area contributed by atoms with Crippen molar-refractivity contribution in [3.63, 3.8) is 0 Å². The van der Waals surface area contributed by atoms with Crippen molar-refractivity contribution in [3.8, 4) is 0 Å². The fraction of sp³-hybridized carbons (Fsp3) is 0.571. The topological polar surface area (TPSA) is 78.7 Å². The Bertz CT molecular complexity index is 571. The highest BCUT2D eigenvalue weighted by molar-refractivity contribution is 8.14. The number of unbranched alkanes of at least 4 members (excludes halogenated alkanes) is 1. The molecular weight excluding hydrogens is 318 g/mol. The van der Waals surface area contributed by atoms with Crippen LogP contribution >= 0.6 is 23.1 Å². The van der Waals surface area contributed by atoms with Gasteiger partial charge in [-0.2, -0.15) is 0 Å². The number of hydrogen-bond donors (Lipinski definition) is 2. The highest BCUT2D eigenvalue weighted by Gasteiger charge is 2.38. The smallest absolute Gasteiger partial charge is 0.217 e. The van der Waals surface area contributed by atoms with E-state index in [9.17, 15) is 4.79 Å². The Balaban J connectivity index is 2.07. The maximum atomic E-state index is 11.0. The third kappa shape index (κ3) is 4.07. The van der Waals surface area contributed by atoms with Crippen molar-refractivity contribution in [1.82, 2.24) is 15.6 Å². The molecule has 1 aromatic heterocycles. The molecule has 0 radical (unpaired) electrons. The van der Waals surface area contributed by atoms with Gasteiger partial charge in [0.1, 0.15) is 10.7 Å². The van der Waals surface area contributed by atoms with Crippen molar-refractivity contribution >= 4 is 40.9 Å². The normalized spacial score (nSPS) is 20.5. The van der Waals surface area contributed by atoms with E-state index >= 15 is 0 Å². The van der Waals surface area contributed by atoms with Gasteiger partial charge in [-0.15, -0.1) is 11.3 Å². The number of rotatable bonds is 7. The van der Waals surface area contributed by atoms with Crippen molar-refractivity contribution in [2.45, 2.75) is 38.9 Å². The van der Waals surface area contributed by atoms with Gasteiger partial charge in [0.2, 0.25) is 11.6 Å². The average molecular weight is 339 g/mol. The summed E-state index contributed by atoms with van der Waals surface area (Å²) in [6.45, 7) is 8.71. The molecule has 2 rings (SSSR count). The Hall–Kier alpha value is -1.41. The molecule has 1 aliphatic heterocycles. The minimum absolute atomic E-state index is 0.0647. The zero-order valence-electron chi connectivity index (χ0n) is 12.9. The number of aromatic nitrogens is 1. The fourth-order valence-corrected chi connectivity index (χ4v) is 3.79. The largest absolute Gasteiger partial charge is 0.365 e. The van der Waals surface area contributed by atoms with Gasteiger partial charge in [0.05, 0.1) is 12.3 Å². The van der Waals surface area contributed by atoms with E-state index in [2.05, 4.69) is 39.2 Å². The van der Waals surface area contributed by atoms with E-state index in [-0.39, 0.29) is 5.91 Å². The van der Waals surface area contributed by atoms with Crippen LogP contribution in [0.2, 0.25) is 0 Å². The van der Waals surface area contributed by atoms with Gasteiger partial charge in [-0.1, -0.05) is 25.1 Å². The first-order valence-corrected chi connectivity index (χ1v) is 9.10. The van der Waals surface area contributed by atoms with E-state index in [1.54, 1.807) is 11.8 Å². The minimum atomic E-state index is -0.704. The lowest BCUT2D eigenvalue weighted by molar-refractivity contribution is -0.119. The van der Waals surface area contributed by atoms with Crippen LogP contribution in [0.3, 0.4) is 0 Å². The lowest BCUT2D eigenvalue weighted by atomic mass is 10.1. The molecule has 2 heterocycles. The number of aliphatic imine (C=N–C) groups is 2. The molecule has 1 amide bonds. The molecule has 1 aromatic rings. The summed E-state index contributed by atoms with van der Waals surface area (Å²) in [5, 5.41) is 9.78. The average Bonchev–Trinajstić information content (AvgIpc) is 3.13. The Morgan fingerprint density at radius 1 is 1.59 bits per heavy atom. The summed E-state index contributed by atoms with van der Waals surface area (Å²) in [7, 11) is 0. The SMILES string of the molecule is C=NC1(c2csc(CNC(C)=O)n2)CSC(NCCCC)=N1. The first kappa shape index (κ1) is 17.0. The van der Waals surface area contributed by atoms with E-state index in [0.29, 0.717) is 12.3 Å². The number of nitrogens with zero attached hydrogens (tertiary/aromatic N) is 3. The summed E-state index contributed by atoms with van der Waals surface area (Å²) in [4.78, 5) is 24.5. The van der Waals surface area contributed by atoms with E-state index in [1.165, 1.54) is 18.3 Å². The molecular formula is C14H21N5OS2. The van der Waals surface area contributed by atoms with Gasteiger partial charge >= 0.3 is 0 Å². The number of thioether (sulfide) groups is 1. The summed E-state index contributed by atoms with van der Waals surface area (Å²) in [5.74, 6) is 0.638. The number of carbonyl (C=O) groups is 1. The molecule has 1 unspecified atom stereocenters. The standard InChI is InChI=1S/C14H21N5OS2/c1-4-5-6-16-13-19-14(15-3,9-22-13)11-8-21-12(18-11)7-17-10(2)20/h8H,3-7,9H2,1-2H3,(H,16,19)(H,17,20). The molecule has 0 saturated carbocycles. The van der Waals surface area contributed by atoms with Crippen LogP contribution < -0.4 is 10.6 Å². The summed E-state index contributed by atoms with van der Waals surface area (Å²) >= 11 is 3.15.